The van der Waals surface area contributed by atoms with Crippen LogP contribution in [0.25, 0.3) is 6.08 Å². The lowest BCUT2D eigenvalue weighted by atomic mass is 10.1. The van der Waals surface area contributed by atoms with Crippen LogP contribution in [0.3, 0.4) is 0 Å². The molecule has 4 amide bonds. The van der Waals surface area contributed by atoms with Crippen LogP contribution in [0.2, 0.25) is 5.02 Å². The van der Waals surface area contributed by atoms with E-state index in [-0.39, 0.29) is 17.9 Å². The fourth-order valence-corrected chi connectivity index (χ4v) is 4.48. The molecule has 0 bridgehead atoms. The van der Waals surface area contributed by atoms with Crippen molar-refractivity contribution < 1.29 is 23.9 Å². The van der Waals surface area contributed by atoms with E-state index in [9.17, 15) is 14.4 Å². The summed E-state index contributed by atoms with van der Waals surface area (Å²) in [6.45, 7) is 4.72. The van der Waals surface area contributed by atoms with Crippen molar-refractivity contribution in [1.29, 1.82) is 0 Å². The van der Waals surface area contributed by atoms with Crippen LogP contribution in [0.4, 0.5) is 10.5 Å². The highest BCUT2D eigenvalue weighted by Crippen LogP contribution is 2.29. The van der Waals surface area contributed by atoms with Gasteiger partial charge in [-0.3, -0.25) is 14.9 Å². The number of nitrogens with zero attached hydrogens (tertiary/aromatic N) is 1. The third-order valence-corrected chi connectivity index (χ3v) is 6.92. The molecule has 1 saturated heterocycles. The molecular weight excluding hydrogens is 540 g/mol. The average Bonchev–Trinajstić information content (AvgIpc) is 2.96. The number of hydrogen-bond donors (Lipinski definition) is 1. The predicted octanol–water partition coefficient (Wildman–Crippen LogP) is 6.78. The lowest BCUT2D eigenvalue weighted by molar-refractivity contribution is -0.122. The van der Waals surface area contributed by atoms with Gasteiger partial charge in [-0.25, -0.2) is 9.69 Å². The summed E-state index contributed by atoms with van der Waals surface area (Å²) in [4.78, 5) is 39.9. The largest absolute Gasteiger partial charge is 0.489 e. The van der Waals surface area contributed by atoms with Crippen molar-refractivity contribution in [1.82, 2.24) is 5.32 Å². The summed E-state index contributed by atoms with van der Waals surface area (Å²) in [6, 6.07) is 26.3. The Labute approximate surface area is 243 Å². The number of hydrogen-bond acceptors (Lipinski definition) is 5. The number of barbiturate groups is 1. The van der Waals surface area contributed by atoms with Crippen LogP contribution in [0.1, 0.15) is 27.8 Å². The lowest BCUT2D eigenvalue weighted by Crippen LogP contribution is -2.54. The standard InChI is InChI=1S/C33H27ClN2O5/c1-21-8-9-24(16-22(21)2)20-41-30-15-10-26(34)17-25(30)18-29-31(37)35-33(39)36(32(29)38)27-11-13-28(14-12-27)40-19-23-6-4-3-5-7-23/h3-18H,19-20H2,1-2H3,(H,35,37,39)/b29-18+. The van der Waals surface area contributed by atoms with Gasteiger partial charge in [-0.1, -0.05) is 60.1 Å². The second-order valence-electron chi connectivity index (χ2n) is 9.62. The van der Waals surface area contributed by atoms with Gasteiger partial charge in [-0.2, -0.15) is 0 Å². The van der Waals surface area contributed by atoms with Crippen LogP contribution < -0.4 is 19.7 Å². The van der Waals surface area contributed by atoms with Crippen molar-refractivity contribution in [3.8, 4) is 11.5 Å². The van der Waals surface area contributed by atoms with Gasteiger partial charge in [-0.05, 0) is 84.6 Å². The third kappa shape index (κ3) is 6.48. The van der Waals surface area contributed by atoms with Gasteiger partial charge in [0.05, 0.1) is 5.69 Å². The van der Waals surface area contributed by atoms with Gasteiger partial charge in [0.25, 0.3) is 11.8 Å². The molecule has 0 saturated carbocycles. The molecule has 4 aromatic rings. The van der Waals surface area contributed by atoms with Gasteiger partial charge in [-0.15, -0.1) is 0 Å². The fourth-order valence-electron chi connectivity index (χ4n) is 4.30. The monoisotopic (exact) mass is 566 g/mol. The van der Waals surface area contributed by atoms with Gasteiger partial charge in [0.15, 0.2) is 0 Å². The molecule has 1 aliphatic heterocycles. The Morgan fingerprint density at radius 2 is 1.51 bits per heavy atom. The first kappa shape index (κ1) is 27.7. The molecule has 206 valence electrons. The van der Waals surface area contributed by atoms with Crippen LogP contribution in [0.15, 0.2) is 96.6 Å². The van der Waals surface area contributed by atoms with E-state index in [1.54, 1.807) is 42.5 Å². The molecule has 0 aromatic heterocycles. The molecule has 7 nitrogen and oxygen atoms in total. The summed E-state index contributed by atoms with van der Waals surface area (Å²) in [6.07, 6.45) is 1.38. The Morgan fingerprint density at radius 3 is 2.24 bits per heavy atom. The minimum atomic E-state index is -0.840. The quantitative estimate of drug-likeness (QED) is 0.188. The van der Waals surface area contributed by atoms with E-state index in [4.69, 9.17) is 21.1 Å². The first-order valence-electron chi connectivity index (χ1n) is 13.0. The maximum atomic E-state index is 13.5. The number of carbonyl (C=O) groups is 3. The van der Waals surface area contributed by atoms with Crippen molar-refractivity contribution in [3.63, 3.8) is 0 Å². The highest BCUT2D eigenvalue weighted by molar-refractivity contribution is 6.39. The van der Waals surface area contributed by atoms with E-state index in [1.807, 2.05) is 62.4 Å². The fraction of sp³-hybridized carbons (Fsp3) is 0.121. The molecule has 0 spiro atoms. The van der Waals surface area contributed by atoms with Gasteiger partial charge in [0, 0.05) is 10.6 Å². The Hall–Kier alpha value is -4.88. The van der Waals surface area contributed by atoms with Gasteiger partial charge >= 0.3 is 6.03 Å². The maximum absolute atomic E-state index is 13.5. The molecule has 0 unspecified atom stereocenters. The summed E-state index contributed by atoms with van der Waals surface area (Å²) < 4.78 is 11.8. The number of nitrogens with one attached hydrogen (secondary N) is 1. The number of ether oxygens (including phenoxy) is 2. The zero-order valence-corrected chi connectivity index (χ0v) is 23.3. The minimum Gasteiger partial charge on any atom is -0.489 e. The second-order valence-corrected chi connectivity index (χ2v) is 10.1. The zero-order chi connectivity index (χ0) is 28.9. The molecule has 8 heteroatoms. The van der Waals surface area contributed by atoms with Crippen molar-refractivity contribution in [2.45, 2.75) is 27.1 Å². The normalized spacial score (nSPS) is 14.3. The maximum Gasteiger partial charge on any atom is 0.335 e. The van der Waals surface area contributed by atoms with Crippen molar-refractivity contribution >= 4 is 41.2 Å². The van der Waals surface area contributed by atoms with Gasteiger partial charge < -0.3 is 9.47 Å². The Kier molecular flexibility index (Phi) is 8.17. The molecule has 0 radical (unpaired) electrons. The smallest absolute Gasteiger partial charge is 0.335 e. The van der Waals surface area contributed by atoms with Crippen LogP contribution in [0, 0.1) is 13.8 Å². The molecular formula is C33H27ClN2O5. The van der Waals surface area contributed by atoms with Crippen molar-refractivity contribution in [3.05, 3.63) is 129 Å². The highest BCUT2D eigenvalue weighted by atomic mass is 35.5. The second kappa shape index (κ2) is 12.1. The zero-order valence-electron chi connectivity index (χ0n) is 22.5. The van der Waals surface area contributed by atoms with E-state index in [2.05, 4.69) is 5.32 Å². The number of urea groups is 1. The molecule has 41 heavy (non-hydrogen) atoms. The highest BCUT2D eigenvalue weighted by Gasteiger charge is 2.37. The topological polar surface area (TPSA) is 84.9 Å². The predicted molar refractivity (Wildman–Crippen MR) is 158 cm³/mol. The van der Waals surface area contributed by atoms with Crippen LogP contribution in [0.5, 0.6) is 11.5 Å². The van der Waals surface area contributed by atoms with E-state index < -0.39 is 17.8 Å². The SMILES string of the molecule is Cc1ccc(COc2ccc(Cl)cc2/C=C2\C(=O)NC(=O)N(c3ccc(OCc4ccccc4)cc3)C2=O)cc1C. The molecule has 1 aliphatic rings. The van der Waals surface area contributed by atoms with E-state index in [0.29, 0.717) is 28.7 Å². The number of aryl methyl sites for hydroxylation is 2. The minimum absolute atomic E-state index is 0.229. The Bertz CT molecular complexity index is 1650. The van der Waals surface area contributed by atoms with Crippen molar-refractivity contribution in [2.75, 3.05) is 4.90 Å². The summed E-state index contributed by atoms with van der Waals surface area (Å²) in [5.41, 5.74) is 4.80. The van der Waals surface area contributed by atoms with Crippen LogP contribution in [-0.4, -0.2) is 17.8 Å². The number of halogens is 1. The summed E-state index contributed by atoms with van der Waals surface area (Å²) in [5.74, 6) is -0.571. The number of amides is 4. The molecule has 1 heterocycles. The summed E-state index contributed by atoms with van der Waals surface area (Å²) >= 11 is 6.24. The van der Waals surface area contributed by atoms with E-state index in [1.165, 1.54) is 11.6 Å². The Morgan fingerprint density at radius 1 is 0.780 bits per heavy atom. The molecule has 1 fully saturated rings. The molecule has 0 atom stereocenters. The number of benzene rings is 4. The Balaban J connectivity index is 1.36. The lowest BCUT2D eigenvalue weighted by Gasteiger charge is -2.26. The van der Waals surface area contributed by atoms with E-state index in [0.717, 1.165) is 21.6 Å². The number of anilines is 1. The van der Waals surface area contributed by atoms with Crippen LogP contribution >= 0.6 is 11.6 Å². The molecule has 4 aromatic carbocycles. The average molecular weight is 567 g/mol. The van der Waals surface area contributed by atoms with Crippen molar-refractivity contribution in [2.24, 2.45) is 0 Å². The van der Waals surface area contributed by atoms with Gasteiger partial charge in [0.1, 0.15) is 30.3 Å². The first-order chi connectivity index (χ1) is 19.8. The summed E-state index contributed by atoms with van der Waals surface area (Å²) in [5, 5.41) is 2.65. The van der Waals surface area contributed by atoms with Crippen LogP contribution in [-0.2, 0) is 22.8 Å². The first-order valence-corrected chi connectivity index (χ1v) is 13.3. The number of imide groups is 2. The van der Waals surface area contributed by atoms with Gasteiger partial charge in [0.2, 0.25) is 0 Å². The number of carbonyl (C=O) groups excluding carboxylic acids is 3. The third-order valence-electron chi connectivity index (χ3n) is 6.68. The van der Waals surface area contributed by atoms with E-state index >= 15 is 0 Å². The molecule has 0 aliphatic carbocycles. The molecule has 5 rings (SSSR count). The summed E-state index contributed by atoms with van der Waals surface area (Å²) in [7, 11) is 0. The number of rotatable bonds is 8. The molecule has 1 N–H and O–H groups in total.